The lowest BCUT2D eigenvalue weighted by Crippen LogP contribution is -2.11. The second kappa shape index (κ2) is 12.9. The van der Waals surface area contributed by atoms with Gasteiger partial charge in [0.25, 0.3) is 0 Å². The maximum atomic E-state index is 4.49. The van der Waals surface area contributed by atoms with E-state index in [0.717, 1.165) is 33.4 Å². The molecule has 0 saturated heterocycles. The van der Waals surface area contributed by atoms with E-state index in [4.69, 9.17) is 0 Å². The fourth-order valence-corrected chi connectivity index (χ4v) is 2.71. The minimum atomic E-state index is 0.888. The summed E-state index contributed by atoms with van der Waals surface area (Å²) in [6.45, 7) is 8.00. The average Bonchev–Trinajstić information content (AvgIpc) is 3.16. The highest BCUT2D eigenvalue weighted by molar-refractivity contribution is 15.0. The van der Waals surface area contributed by atoms with E-state index in [1.165, 1.54) is 0 Å². The van der Waals surface area contributed by atoms with Gasteiger partial charge in [-0.3, -0.25) is 0 Å². The molecule has 0 saturated carbocycles. The van der Waals surface area contributed by atoms with E-state index in [0.29, 0.717) is 0 Å². The first-order valence-corrected chi connectivity index (χ1v) is 15.5. The maximum absolute atomic E-state index is 4.49. The molecular weight excluding hydrogens is 576 g/mol. The van der Waals surface area contributed by atoms with Crippen LogP contribution in [0.4, 0.5) is 11.5 Å². The summed E-state index contributed by atoms with van der Waals surface area (Å²) in [7, 11) is 4.01. The number of benzene rings is 2. The molecule has 0 fully saturated rings. The van der Waals surface area contributed by atoms with Gasteiger partial charge in [0.05, 0.1) is 22.9 Å². The molecule has 0 amide bonds. The summed E-state index contributed by atoms with van der Waals surface area (Å²) in [4.78, 5) is 15.3. The standard InChI is InChI=1S/C17H15N5.2C2H6.I2/c1-21-11-20-15-9-14-13(8-16(15)21)17(19-10-18-14)22(2)12-6-4-3-5-7-12;3*1-2/h3-11H,1-2H3;2*1-2H3;. The van der Waals surface area contributed by atoms with Gasteiger partial charge in [-0.05, 0) is 24.3 Å². The fourth-order valence-electron chi connectivity index (χ4n) is 2.71. The van der Waals surface area contributed by atoms with Crippen molar-refractivity contribution in [2.45, 2.75) is 27.7 Å². The smallest absolute Gasteiger partial charge is 0.144 e. The number of para-hydroxylation sites is 1. The molecule has 0 aliphatic carbocycles. The van der Waals surface area contributed by atoms with Crippen LogP contribution in [-0.2, 0) is 7.05 Å². The molecule has 0 spiro atoms. The van der Waals surface area contributed by atoms with Crippen molar-refractivity contribution in [3.63, 3.8) is 0 Å². The van der Waals surface area contributed by atoms with Crippen LogP contribution in [-0.4, -0.2) is 26.6 Å². The predicted octanol–water partition coefficient (Wildman–Crippen LogP) is 7.11. The summed E-state index contributed by atoms with van der Waals surface area (Å²) in [5.41, 5.74) is 4.01. The zero-order chi connectivity index (χ0) is 21.1. The molecule has 0 N–H and O–H groups in total. The first-order valence-electron chi connectivity index (χ1n) is 9.23. The normalized spacial score (nSPS) is 9.43. The summed E-state index contributed by atoms with van der Waals surface area (Å²) in [6, 6.07) is 14.3. The molecule has 0 aliphatic rings. The van der Waals surface area contributed by atoms with E-state index in [1.54, 1.807) is 6.33 Å². The Morgan fingerprint density at radius 2 is 1.50 bits per heavy atom. The Morgan fingerprint density at radius 1 is 0.857 bits per heavy atom. The van der Waals surface area contributed by atoms with Gasteiger partial charge < -0.3 is 9.47 Å². The van der Waals surface area contributed by atoms with Gasteiger partial charge in [0.2, 0.25) is 0 Å². The Labute approximate surface area is 190 Å². The third kappa shape index (κ3) is 5.53. The number of anilines is 2. The Hall–Kier alpha value is -1.49. The zero-order valence-electron chi connectivity index (χ0n) is 17.2. The molecule has 28 heavy (non-hydrogen) atoms. The van der Waals surface area contributed by atoms with Crippen LogP contribution >= 0.6 is 37.2 Å². The third-order valence-corrected chi connectivity index (χ3v) is 3.92. The molecule has 5 nitrogen and oxygen atoms in total. The van der Waals surface area contributed by atoms with Crippen LogP contribution in [0.15, 0.2) is 55.1 Å². The van der Waals surface area contributed by atoms with Gasteiger partial charge in [0.1, 0.15) is 12.1 Å². The second-order valence-corrected chi connectivity index (χ2v) is 5.31. The van der Waals surface area contributed by atoms with Gasteiger partial charge in [0.15, 0.2) is 0 Å². The largest absolute Gasteiger partial charge is 0.334 e. The van der Waals surface area contributed by atoms with Gasteiger partial charge in [-0.2, -0.15) is 0 Å². The van der Waals surface area contributed by atoms with E-state index in [-0.39, 0.29) is 0 Å². The van der Waals surface area contributed by atoms with Crippen molar-refractivity contribution >= 4 is 70.7 Å². The van der Waals surface area contributed by atoms with Gasteiger partial charge in [0, 0.05) is 62.4 Å². The van der Waals surface area contributed by atoms with E-state index < -0.39 is 0 Å². The summed E-state index contributed by atoms with van der Waals surface area (Å²) in [6.07, 6.45) is 3.42. The SMILES string of the molecule is CC.CC.CN(c1ccccc1)c1ncnc2cc3ncn(C)c3cc12.II. The van der Waals surface area contributed by atoms with Crippen molar-refractivity contribution in [2.24, 2.45) is 7.05 Å². The van der Waals surface area contributed by atoms with Gasteiger partial charge in [-0.1, -0.05) is 45.9 Å². The number of fused-ring (bicyclic) bond motifs is 2. The Balaban J connectivity index is 0.000000599. The summed E-state index contributed by atoms with van der Waals surface area (Å²) >= 11 is 4.24. The lowest BCUT2D eigenvalue weighted by atomic mass is 10.2. The van der Waals surface area contributed by atoms with Crippen LogP contribution in [0.5, 0.6) is 0 Å². The van der Waals surface area contributed by atoms with Crippen LogP contribution in [0.3, 0.4) is 0 Å². The van der Waals surface area contributed by atoms with Crippen LogP contribution in [0.25, 0.3) is 21.9 Å². The molecule has 2 aromatic carbocycles. The van der Waals surface area contributed by atoms with Crippen molar-refractivity contribution in [1.29, 1.82) is 0 Å². The number of hydrogen-bond acceptors (Lipinski definition) is 4. The first kappa shape index (κ1) is 24.5. The minimum absolute atomic E-state index is 0.888. The molecule has 0 atom stereocenters. The van der Waals surface area contributed by atoms with Crippen molar-refractivity contribution in [1.82, 2.24) is 19.5 Å². The van der Waals surface area contributed by atoms with Crippen molar-refractivity contribution in [3.8, 4) is 0 Å². The molecule has 4 rings (SSSR count). The van der Waals surface area contributed by atoms with Gasteiger partial charge in [-0.15, -0.1) is 0 Å². The minimum Gasteiger partial charge on any atom is -0.334 e. The summed E-state index contributed by atoms with van der Waals surface area (Å²) in [5, 5.41) is 1.02. The highest BCUT2D eigenvalue weighted by Crippen LogP contribution is 2.30. The van der Waals surface area contributed by atoms with E-state index in [1.807, 2.05) is 77.0 Å². The fraction of sp³-hybridized carbons (Fsp3) is 0.286. The van der Waals surface area contributed by atoms with E-state index in [9.17, 15) is 0 Å². The van der Waals surface area contributed by atoms with Crippen molar-refractivity contribution < 1.29 is 0 Å². The molecule has 7 heteroatoms. The molecule has 0 radical (unpaired) electrons. The molecular formula is C21H27I2N5. The second-order valence-electron chi connectivity index (χ2n) is 5.31. The molecule has 2 aromatic heterocycles. The summed E-state index contributed by atoms with van der Waals surface area (Å²) < 4.78 is 2.01. The molecule has 0 bridgehead atoms. The summed E-state index contributed by atoms with van der Waals surface area (Å²) in [5.74, 6) is 0.888. The number of nitrogens with zero attached hydrogens (tertiary/aromatic N) is 5. The van der Waals surface area contributed by atoms with E-state index >= 15 is 0 Å². The van der Waals surface area contributed by atoms with Crippen LogP contribution < -0.4 is 4.90 Å². The number of imidazole rings is 1. The highest BCUT2D eigenvalue weighted by atomic mass is 128. The number of rotatable bonds is 2. The molecule has 2 heterocycles. The van der Waals surface area contributed by atoms with Gasteiger partial charge >= 0.3 is 0 Å². The van der Waals surface area contributed by atoms with Crippen molar-refractivity contribution in [2.75, 3.05) is 11.9 Å². The topological polar surface area (TPSA) is 46.8 Å². The average molecular weight is 603 g/mol. The highest BCUT2D eigenvalue weighted by Gasteiger charge is 2.12. The first-order chi connectivity index (χ1) is 13.7. The van der Waals surface area contributed by atoms with E-state index in [2.05, 4.69) is 75.3 Å². The number of aromatic nitrogens is 4. The zero-order valence-corrected chi connectivity index (χ0v) is 21.5. The molecule has 0 unspecified atom stereocenters. The van der Waals surface area contributed by atoms with Gasteiger partial charge in [-0.25, -0.2) is 15.0 Å². The lowest BCUT2D eigenvalue weighted by molar-refractivity contribution is 0.948. The maximum Gasteiger partial charge on any atom is 0.144 e. The lowest BCUT2D eigenvalue weighted by Gasteiger charge is -2.19. The Bertz CT molecular complexity index is 971. The number of halogens is 2. The molecule has 4 aromatic rings. The predicted molar refractivity (Wildman–Crippen MR) is 139 cm³/mol. The van der Waals surface area contributed by atoms with Crippen LogP contribution in [0.1, 0.15) is 27.7 Å². The monoisotopic (exact) mass is 603 g/mol. The van der Waals surface area contributed by atoms with Crippen LogP contribution in [0.2, 0.25) is 0 Å². The number of hydrogen-bond donors (Lipinski definition) is 0. The van der Waals surface area contributed by atoms with Crippen LogP contribution in [0, 0.1) is 0 Å². The Morgan fingerprint density at radius 3 is 2.14 bits per heavy atom. The van der Waals surface area contributed by atoms with Crippen molar-refractivity contribution in [3.05, 3.63) is 55.1 Å². The molecule has 150 valence electrons. The third-order valence-electron chi connectivity index (χ3n) is 3.92. The quantitative estimate of drug-likeness (QED) is 0.229. The molecule has 0 aliphatic heterocycles. The Kier molecular flexibility index (Phi) is 11.3. The number of aryl methyl sites for hydroxylation is 1.